The van der Waals surface area contributed by atoms with Gasteiger partial charge in [-0.3, -0.25) is 4.79 Å². The maximum atomic E-state index is 12.2. The molecule has 0 saturated heterocycles. The van der Waals surface area contributed by atoms with Gasteiger partial charge in [-0.2, -0.15) is 5.26 Å². The number of nitrogens with zero attached hydrogens (tertiary/aromatic N) is 1. The molecule has 1 fully saturated rings. The van der Waals surface area contributed by atoms with Crippen LogP contribution in [0.4, 0.5) is 0 Å². The lowest BCUT2D eigenvalue weighted by Crippen LogP contribution is -2.53. The van der Waals surface area contributed by atoms with Crippen LogP contribution >= 0.6 is 0 Å². The lowest BCUT2D eigenvalue weighted by molar-refractivity contribution is -0.136. The first kappa shape index (κ1) is 12.3. The topological polar surface area (TPSA) is 61.1 Å². The average molecular weight is 233 g/mol. The Morgan fingerprint density at radius 3 is 2.65 bits per heavy atom. The van der Waals surface area contributed by atoms with Crippen LogP contribution in [0.15, 0.2) is 11.6 Å². The van der Waals surface area contributed by atoms with E-state index in [1.807, 2.05) is 26.8 Å². The third-order valence-corrected chi connectivity index (χ3v) is 4.72. The number of rotatable bonds is 0. The SMILES string of the molecule is CC1(C)C(=O)C(C#N)=C[C@]2(C)[C@@H](O)CCC[C@@H]12. The molecule has 1 N–H and O–H groups in total. The van der Waals surface area contributed by atoms with E-state index in [1.165, 1.54) is 0 Å². The number of hydrogen-bond donors (Lipinski definition) is 1. The van der Waals surface area contributed by atoms with Crippen LogP contribution in [0, 0.1) is 28.1 Å². The molecule has 0 aliphatic heterocycles. The summed E-state index contributed by atoms with van der Waals surface area (Å²) in [7, 11) is 0. The van der Waals surface area contributed by atoms with E-state index in [1.54, 1.807) is 6.08 Å². The molecule has 3 atom stereocenters. The van der Waals surface area contributed by atoms with Crippen LogP contribution < -0.4 is 0 Å². The van der Waals surface area contributed by atoms with Gasteiger partial charge in [-0.1, -0.05) is 33.3 Å². The number of carbonyl (C=O) groups excluding carboxylic acids is 1. The van der Waals surface area contributed by atoms with Crippen molar-refractivity contribution < 1.29 is 9.90 Å². The van der Waals surface area contributed by atoms with Crippen LogP contribution in [0.3, 0.4) is 0 Å². The number of Topliss-reactive ketones (excluding diaryl/α,β-unsaturated/α-hetero) is 1. The second kappa shape index (κ2) is 3.68. The average Bonchev–Trinajstić information content (AvgIpc) is 2.27. The third-order valence-electron chi connectivity index (χ3n) is 4.72. The predicted molar refractivity (Wildman–Crippen MR) is 63.9 cm³/mol. The summed E-state index contributed by atoms with van der Waals surface area (Å²) in [5, 5.41) is 19.3. The Kier molecular flexibility index (Phi) is 2.67. The molecule has 1 saturated carbocycles. The van der Waals surface area contributed by atoms with Crippen molar-refractivity contribution in [2.75, 3.05) is 0 Å². The number of carbonyl (C=O) groups is 1. The van der Waals surface area contributed by atoms with Gasteiger partial charge < -0.3 is 5.11 Å². The van der Waals surface area contributed by atoms with E-state index in [0.717, 1.165) is 19.3 Å². The maximum absolute atomic E-state index is 12.2. The molecule has 3 nitrogen and oxygen atoms in total. The van der Waals surface area contributed by atoms with Crippen LogP contribution in [0.2, 0.25) is 0 Å². The fraction of sp³-hybridized carbons (Fsp3) is 0.714. The zero-order valence-electron chi connectivity index (χ0n) is 10.7. The summed E-state index contributed by atoms with van der Waals surface area (Å²) < 4.78 is 0. The van der Waals surface area contributed by atoms with E-state index in [0.29, 0.717) is 0 Å². The molecule has 0 bridgehead atoms. The minimum Gasteiger partial charge on any atom is -0.392 e. The summed E-state index contributed by atoms with van der Waals surface area (Å²) in [6, 6.07) is 1.99. The molecule has 0 radical (unpaired) electrons. The summed E-state index contributed by atoms with van der Waals surface area (Å²) in [4.78, 5) is 12.2. The Morgan fingerprint density at radius 1 is 1.41 bits per heavy atom. The molecule has 0 aromatic rings. The number of fused-ring (bicyclic) bond motifs is 1. The molecule has 0 amide bonds. The Morgan fingerprint density at radius 2 is 2.06 bits per heavy atom. The number of aliphatic hydroxyl groups is 1. The Balaban J connectivity index is 2.58. The van der Waals surface area contributed by atoms with Gasteiger partial charge in [0.1, 0.15) is 6.07 Å². The van der Waals surface area contributed by atoms with E-state index < -0.39 is 16.9 Å². The molecule has 17 heavy (non-hydrogen) atoms. The normalized spacial score (nSPS) is 40.2. The molecule has 0 aromatic heterocycles. The molecular weight excluding hydrogens is 214 g/mol. The van der Waals surface area contributed by atoms with Gasteiger partial charge in [0.05, 0.1) is 11.7 Å². The smallest absolute Gasteiger partial charge is 0.178 e. The number of allylic oxidation sites excluding steroid dienone is 1. The highest BCUT2D eigenvalue weighted by molar-refractivity contribution is 6.04. The number of nitriles is 1. The van der Waals surface area contributed by atoms with E-state index in [4.69, 9.17) is 5.26 Å². The van der Waals surface area contributed by atoms with E-state index >= 15 is 0 Å². The first-order valence-electron chi connectivity index (χ1n) is 6.20. The van der Waals surface area contributed by atoms with Crippen LogP contribution in [-0.2, 0) is 4.79 Å². The zero-order valence-corrected chi connectivity index (χ0v) is 10.7. The number of aliphatic hydroxyl groups excluding tert-OH is 1. The second-order valence-corrected chi connectivity index (χ2v) is 6.09. The lowest BCUT2D eigenvalue weighted by atomic mass is 9.51. The van der Waals surface area contributed by atoms with Crippen LogP contribution in [-0.4, -0.2) is 17.0 Å². The summed E-state index contributed by atoms with van der Waals surface area (Å²) >= 11 is 0. The summed E-state index contributed by atoms with van der Waals surface area (Å²) in [5.74, 6) is 0.0555. The molecule has 0 unspecified atom stereocenters. The molecule has 92 valence electrons. The fourth-order valence-corrected chi connectivity index (χ4v) is 3.67. The Labute approximate surface area is 102 Å². The molecule has 2 aliphatic rings. The third kappa shape index (κ3) is 1.55. The number of ketones is 1. The monoisotopic (exact) mass is 233 g/mol. The van der Waals surface area contributed by atoms with Crippen LogP contribution in [0.5, 0.6) is 0 Å². The highest BCUT2D eigenvalue weighted by atomic mass is 16.3. The van der Waals surface area contributed by atoms with Gasteiger partial charge in [-0.05, 0) is 18.8 Å². The van der Waals surface area contributed by atoms with Crippen LogP contribution in [0.25, 0.3) is 0 Å². The Hall–Kier alpha value is -1.14. The second-order valence-electron chi connectivity index (χ2n) is 6.09. The molecular formula is C14H19NO2. The van der Waals surface area contributed by atoms with Crippen molar-refractivity contribution in [1.82, 2.24) is 0 Å². The predicted octanol–water partition coefficient (Wildman–Crippen LogP) is 2.21. The van der Waals surface area contributed by atoms with E-state index in [2.05, 4.69) is 0 Å². The van der Waals surface area contributed by atoms with Crippen LogP contribution in [0.1, 0.15) is 40.0 Å². The van der Waals surface area contributed by atoms with Crippen molar-refractivity contribution in [2.45, 2.75) is 46.1 Å². The summed E-state index contributed by atoms with van der Waals surface area (Å²) in [6.07, 6.45) is 3.92. The maximum Gasteiger partial charge on any atom is 0.178 e. The molecule has 0 heterocycles. The van der Waals surface area contributed by atoms with E-state index in [-0.39, 0.29) is 17.3 Å². The van der Waals surface area contributed by atoms with Gasteiger partial charge in [0, 0.05) is 10.8 Å². The van der Waals surface area contributed by atoms with Crippen molar-refractivity contribution in [3.05, 3.63) is 11.6 Å². The summed E-state index contributed by atoms with van der Waals surface area (Å²) in [5.41, 5.74) is -0.758. The first-order valence-corrected chi connectivity index (χ1v) is 6.20. The van der Waals surface area contributed by atoms with E-state index in [9.17, 15) is 9.90 Å². The van der Waals surface area contributed by atoms with Gasteiger partial charge in [0.15, 0.2) is 5.78 Å². The van der Waals surface area contributed by atoms with Crippen molar-refractivity contribution in [2.24, 2.45) is 16.7 Å². The van der Waals surface area contributed by atoms with Gasteiger partial charge in [0.2, 0.25) is 0 Å². The molecule has 2 rings (SSSR count). The minimum absolute atomic E-state index is 0.0726. The van der Waals surface area contributed by atoms with Crippen molar-refractivity contribution in [3.63, 3.8) is 0 Å². The number of hydrogen-bond acceptors (Lipinski definition) is 3. The summed E-state index contributed by atoms with van der Waals surface area (Å²) in [6.45, 7) is 5.79. The lowest BCUT2D eigenvalue weighted by Gasteiger charge is -2.52. The molecule has 2 aliphatic carbocycles. The van der Waals surface area contributed by atoms with Gasteiger partial charge >= 0.3 is 0 Å². The van der Waals surface area contributed by atoms with Crippen molar-refractivity contribution in [3.8, 4) is 6.07 Å². The zero-order chi connectivity index (χ0) is 12.8. The minimum atomic E-state index is -0.546. The largest absolute Gasteiger partial charge is 0.392 e. The molecule has 0 spiro atoms. The van der Waals surface area contributed by atoms with Gasteiger partial charge in [0.25, 0.3) is 0 Å². The van der Waals surface area contributed by atoms with Gasteiger partial charge in [-0.25, -0.2) is 0 Å². The fourth-order valence-electron chi connectivity index (χ4n) is 3.67. The van der Waals surface area contributed by atoms with Gasteiger partial charge in [-0.15, -0.1) is 0 Å². The highest BCUT2D eigenvalue weighted by Crippen LogP contribution is 2.54. The first-order chi connectivity index (χ1) is 7.84. The molecule has 0 aromatic carbocycles. The molecule has 3 heteroatoms. The van der Waals surface area contributed by atoms with Crippen molar-refractivity contribution in [1.29, 1.82) is 5.26 Å². The van der Waals surface area contributed by atoms with Crippen molar-refractivity contribution >= 4 is 5.78 Å². The standard InChI is InChI=1S/C14H19NO2/c1-13(2)10-5-4-6-11(16)14(10,3)7-9(8-15)12(13)17/h7,10-11,16H,4-6H2,1-3H3/t10-,11-,14-/m0/s1. The Bertz CT molecular complexity index is 430. The highest BCUT2D eigenvalue weighted by Gasteiger charge is 2.55. The quantitative estimate of drug-likeness (QED) is 0.697.